The van der Waals surface area contributed by atoms with E-state index in [-0.39, 0.29) is 0 Å². The number of fused-ring (bicyclic) bond motifs is 3. The molecule has 0 atom stereocenters. The fourth-order valence-electron chi connectivity index (χ4n) is 3.11. The summed E-state index contributed by atoms with van der Waals surface area (Å²) < 4.78 is 39.6. The summed E-state index contributed by atoms with van der Waals surface area (Å²) in [6.07, 6.45) is -4.39. The van der Waals surface area contributed by atoms with E-state index in [0.717, 1.165) is 33.5 Å². The smallest absolute Gasteiger partial charge is 0.247 e. The monoisotopic (exact) mass is 337 g/mol. The van der Waals surface area contributed by atoms with Crippen LogP contribution in [0, 0.1) is 6.92 Å². The molecular formula is C21H14F3N. The van der Waals surface area contributed by atoms with Gasteiger partial charge in [-0.1, -0.05) is 48.0 Å². The van der Waals surface area contributed by atoms with E-state index in [1.54, 1.807) is 6.07 Å². The lowest BCUT2D eigenvalue weighted by Gasteiger charge is -2.13. The van der Waals surface area contributed by atoms with Crippen LogP contribution in [0.1, 0.15) is 11.1 Å². The highest BCUT2D eigenvalue weighted by molar-refractivity contribution is 6.11. The average Bonchev–Trinajstić information content (AvgIpc) is 2.60. The van der Waals surface area contributed by atoms with E-state index in [1.807, 2.05) is 55.5 Å². The van der Waals surface area contributed by atoms with Crippen LogP contribution in [0.2, 0.25) is 0 Å². The highest BCUT2D eigenvalue weighted by Crippen LogP contribution is 2.37. The normalized spacial score (nSPS) is 12.0. The van der Waals surface area contributed by atoms with Crippen molar-refractivity contribution >= 4 is 21.7 Å². The predicted molar refractivity (Wildman–Crippen MR) is 94.4 cm³/mol. The second-order valence-electron chi connectivity index (χ2n) is 6.11. The lowest BCUT2D eigenvalue weighted by atomic mass is 9.97. The molecule has 3 aromatic carbocycles. The molecule has 0 aliphatic carbocycles. The molecule has 0 saturated carbocycles. The van der Waals surface area contributed by atoms with Gasteiger partial charge in [-0.2, -0.15) is 13.2 Å². The summed E-state index contributed by atoms with van der Waals surface area (Å²) in [6.45, 7) is 1.96. The van der Waals surface area contributed by atoms with E-state index in [4.69, 9.17) is 0 Å². The molecule has 0 amide bonds. The Kier molecular flexibility index (Phi) is 3.49. The van der Waals surface area contributed by atoms with Crippen molar-refractivity contribution in [2.75, 3.05) is 0 Å². The molecule has 0 unspecified atom stereocenters. The van der Waals surface area contributed by atoms with Gasteiger partial charge in [-0.05, 0) is 36.6 Å². The Morgan fingerprint density at radius 1 is 0.760 bits per heavy atom. The molecule has 0 radical (unpaired) electrons. The number of hydrogen-bond acceptors (Lipinski definition) is 1. The number of alkyl halides is 3. The molecule has 0 bridgehead atoms. The molecule has 4 rings (SSSR count). The Labute approximate surface area is 142 Å². The minimum absolute atomic E-state index is 0.513. The molecule has 0 aliphatic rings. The zero-order chi connectivity index (χ0) is 17.6. The third kappa shape index (κ3) is 2.74. The van der Waals surface area contributed by atoms with Gasteiger partial charge in [0.05, 0.1) is 16.8 Å². The van der Waals surface area contributed by atoms with Gasteiger partial charge in [0.15, 0.2) is 0 Å². The molecule has 0 N–H and O–H groups in total. The molecular weight excluding hydrogens is 323 g/mol. The first-order chi connectivity index (χ1) is 11.9. The van der Waals surface area contributed by atoms with Crippen molar-refractivity contribution in [1.82, 2.24) is 4.98 Å². The molecule has 0 fully saturated rings. The van der Waals surface area contributed by atoms with Crippen molar-refractivity contribution < 1.29 is 13.2 Å². The molecule has 1 heterocycles. The maximum absolute atomic E-state index is 13.2. The summed E-state index contributed by atoms with van der Waals surface area (Å²) in [5, 5.41) is 2.16. The van der Waals surface area contributed by atoms with Crippen molar-refractivity contribution in [3.8, 4) is 11.3 Å². The van der Waals surface area contributed by atoms with Gasteiger partial charge in [0.25, 0.3) is 0 Å². The van der Waals surface area contributed by atoms with Gasteiger partial charge in [0.1, 0.15) is 0 Å². The summed E-state index contributed by atoms with van der Waals surface area (Å²) in [7, 11) is 0. The van der Waals surface area contributed by atoms with Gasteiger partial charge in [-0.15, -0.1) is 0 Å². The maximum atomic E-state index is 13.2. The van der Waals surface area contributed by atoms with Crippen LogP contribution in [-0.4, -0.2) is 4.98 Å². The van der Waals surface area contributed by atoms with E-state index in [0.29, 0.717) is 11.1 Å². The van der Waals surface area contributed by atoms with Crippen molar-refractivity contribution in [3.63, 3.8) is 0 Å². The van der Waals surface area contributed by atoms with E-state index in [9.17, 15) is 13.2 Å². The molecule has 25 heavy (non-hydrogen) atoms. The number of benzene rings is 3. The highest BCUT2D eigenvalue weighted by atomic mass is 19.4. The lowest BCUT2D eigenvalue weighted by Crippen LogP contribution is -2.04. The lowest BCUT2D eigenvalue weighted by molar-refractivity contribution is -0.137. The molecule has 1 nitrogen and oxygen atoms in total. The van der Waals surface area contributed by atoms with Crippen LogP contribution in [0.15, 0.2) is 66.7 Å². The molecule has 4 aromatic rings. The van der Waals surface area contributed by atoms with Crippen molar-refractivity contribution in [3.05, 3.63) is 77.9 Å². The standard InChI is InChI=1S/C21H14F3N/c1-13-7-10-19-17(11-13)16-9-8-15(21(22,23)24)12-18(16)20(25-19)14-5-3-2-4-6-14/h2-12H,1H3. The Morgan fingerprint density at radius 3 is 2.24 bits per heavy atom. The third-order valence-electron chi connectivity index (χ3n) is 4.32. The topological polar surface area (TPSA) is 12.9 Å². The van der Waals surface area contributed by atoms with Crippen molar-refractivity contribution in [1.29, 1.82) is 0 Å². The number of aromatic nitrogens is 1. The Morgan fingerprint density at radius 2 is 1.52 bits per heavy atom. The Bertz CT molecular complexity index is 1080. The maximum Gasteiger partial charge on any atom is 0.416 e. The SMILES string of the molecule is Cc1ccc2nc(-c3ccccc3)c3cc(C(F)(F)F)ccc3c2c1. The molecule has 4 heteroatoms. The van der Waals surface area contributed by atoms with E-state index < -0.39 is 11.7 Å². The number of halogens is 3. The predicted octanol–water partition coefficient (Wildman–Crippen LogP) is 6.38. The summed E-state index contributed by atoms with van der Waals surface area (Å²) in [5.41, 5.74) is 2.53. The summed E-state index contributed by atoms with van der Waals surface area (Å²) in [5.74, 6) is 0. The largest absolute Gasteiger partial charge is 0.416 e. The minimum Gasteiger partial charge on any atom is -0.247 e. The van der Waals surface area contributed by atoms with Crippen LogP contribution in [0.4, 0.5) is 13.2 Å². The number of rotatable bonds is 1. The van der Waals surface area contributed by atoms with Crippen LogP contribution >= 0.6 is 0 Å². The van der Waals surface area contributed by atoms with E-state index >= 15 is 0 Å². The fraction of sp³-hybridized carbons (Fsp3) is 0.0952. The second-order valence-corrected chi connectivity index (χ2v) is 6.11. The number of aryl methyl sites for hydroxylation is 1. The summed E-state index contributed by atoms with van der Waals surface area (Å²) >= 11 is 0. The van der Waals surface area contributed by atoms with Gasteiger partial charge >= 0.3 is 6.18 Å². The number of pyridine rings is 1. The second kappa shape index (κ2) is 5.59. The zero-order valence-corrected chi connectivity index (χ0v) is 13.4. The Balaban J connectivity index is 2.15. The molecule has 0 spiro atoms. The first-order valence-corrected chi connectivity index (χ1v) is 7.90. The molecule has 1 aromatic heterocycles. The first-order valence-electron chi connectivity index (χ1n) is 7.90. The van der Waals surface area contributed by atoms with Gasteiger partial charge in [-0.3, -0.25) is 0 Å². The van der Waals surface area contributed by atoms with Gasteiger partial charge in [0.2, 0.25) is 0 Å². The third-order valence-corrected chi connectivity index (χ3v) is 4.32. The van der Waals surface area contributed by atoms with Crippen LogP contribution in [0.25, 0.3) is 32.9 Å². The minimum atomic E-state index is -4.39. The van der Waals surface area contributed by atoms with E-state index in [2.05, 4.69) is 4.98 Å². The van der Waals surface area contributed by atoms with Crippen LogP contribution < -0.4 is 0 Å². The van der Waals surface area contributed by atoms with Crippen molar-refractivity contribution in [2.24, 2.45) is 0 Å². The van der Waals surface area contributed by atoms with Gasteiger partial charge in [-0.25, -0.2) is 4.98 Å². The van der Waals surface area contributed by atoms with E-state index in [1.165, 1.54) is 6.07 Å². The van der Waals surface area contributed by atoms with Crippen LogP contribution in [0.3, 0.4) is 0 Å². The average molecular weight is 337 g/mol. The molecule has 0 aliphatic heterocycles. The zero-order valence-electron chi connectivity index (χ0n) is 13.4. The van der Waals surface area contributed by atoms with Crippen LogP contribution in [0.5, 0.6) is 0 Å². The summed E-state index contributed by atoms with van der Waals surface area (Å²) in [6, 6.07) is 19.0. The highest BCUT2D eigenvalue weighted by Gasteiger charge is 2.31. The molecule has 124 valence electrons. The summed E-state index contributed by atoms with van der Waals surface area (Å²) in [4.78, 5) is 4.67. The van der Waals surface area contributed by atoms with Crippen LogP contribution in [-0.2, 0) is 6.18 Å². The fourth-order valence-corrected chi connectivity index (χ4v) is 3.11. The quantitative estimate of drug-likeness (QED) is 0.367. The first kappa shape index (κ1) is 15.6. The van der Waals surface area contributed by atoms with Crippen molar-refractivity contribution in [2.45, 2.75) is 13.1 Å². The van der Waals surface area contributed by atoms with Gasteiger partial charge < -0.3 is 0 Å². The van der Waals surface area contributed by atoms with Gasteiger partial charge in [0, 0.05) is 16.3 Å². The number of nitrogens with zero attached hydrogens (tertiary/aromatic N) is 1. The Hall–Kier alpha value is -2.88. The molecule has 0 saturated heterocycles. The number of hydrogen-bond donors (Lipinski definition) is 0.